The molecule has 0 saturated heterocycles. The lowest BCUT2D eigenvalue weighted by atomic mass is 9.84. The van der Waals surface area contributed by atoms with Crippen LogP contribution in [-0.4, -0.2) is 6.54 Å². The van der Waals surface area contributed by atoms with E-state index in [0.717, 1.165) is 6.54 Å². The number of nitrogens with one attached hydrogen (secondary N) is 1. The van der Waals surface area contributed by atoms with Crippen molar-refractivity contribution in [1.82, 2.24) is 5.32 Å². The molecule has 1 nitrogen and oxygen atoms in total. The van der Waals surface area contributed by atoms with Gasteiger partial charge in [0.1, 0.15) is 0 Å². The van der Waals surface area contributed by atoms with Crippen LogP contribution in [0.25, 0.3) is 0 Å². The summed E-state index contributed by atoms with van der Waals surface area (Å²) in [6.07, 6.45) is 2.37. The number of benzene rings is 1. The molecule has 0 bridgehead atoms. The van der Waals surface area contributed by atoms with Gasteiger partial charge in [-0.1, -0.05) is 52.0 Å². The molecule has 0 aliphatic carbocycles. The van der Waals surface area contributed by atoms with Gasteiger partial charge in [0.2, 0.25) is 0 Å². The molecule has 0 fully saturated rings. The molecule has 0 aromatic heterocycles. The van der Waals surface area contributed by atoms with Crippen molar-refractivity contribution in [2.75, 3.05) is 6.54 Å². The fraction of sp³-hybridized carbons (Fsp3) is 0.625. The second-order valence-electron chi connectivity index (χ2n) is 6.13. The molecule has 0 radical (unpaired) electrons. The largest absolute Gasteiger partial charge is 0.310 e. The molecule has 1 unspecified atom stereocenters. The molecule has 1 rings (SSSR count). The van der Waals surface area contributed by atoms with Crippen molar-refractivity contribution < 1.29 is 0 Å². The minimum atomic E-state index is 0.355. The van der Waals surface area contributed by atoms with Gasteiger partial charge in [0.05, 0.1) is 0 Å². The molecule has 0 amide bonds. The van der Waals surface area contributed by atoms with Crippen LogP contribution in [0.4, 0.5) is 0 Å². The van der Waals surface area contributed by atoms with E-state index in [9.17, 15) is 0 Å². The Labute approximate surface area is 107 Å². The third-order valence-electron chi connectivity index (χ3n) is 3.02. The summed E-state index contributed by atoms with van der Waals surface area (Å²) in [6, 6.07) is 9.21. The molecule has 1 aromatic carbocycles. The Bertz CT molecular complexity index is 336. The van der Waals surface area contributed by atoms with Gasteiger partial charge in [-0.2, -0.15) is 0 Å². The number of aryl methyl sites for hydroxylation is 1. The summed E-state index contributed by atoms with van der Waals surface area (Å²) in [6.45, 7) is 12.5. The normalized spacial score (nSPS) is 13.7. The van der Waals surface area contributed by atoms with Crippen LogP contribution < -0.4 is 5.32 Å². The first-order valence-corrected chi connectivity index (χ1v) is 6.73. The quantitative estimate of drug-likeness (QED) is 0.791. The predicted molar refractivity (Wildman–Crippen MR) is 76.3 cm³/mol. The summed E-state index contributed by atoms with van der Waals surface area (Å²) in [4.78, 5) is 0. The van der Waals surface area contributed by atoms with Crippen molar-refractivity contribution in [3.63, 3.8) is 0 Å². The molecule has 1 atom stereocenters. The molecule has 1 N–H and O–H groups in total. The van der Waals surface area contributed by atoms with Crippen molar-refractivity contribution in [3.8, 4) is 0 Å². The van der Waals surface area contributed by atoms with Crippen LogP contribution in [0.5, 0.6) is 0 Å². The zero-order valence-electron chi connectivity index (χ0n) is 12.0. The van der Waals surface area contributed by atoms with Crippen LogP contribution >= 0.6 is 0 Å². The molecule has 96 valence electrons. The molecule has 0 spiro atoms. The summed E-state index contributed by atoms with van der Waals surface area (Å²) in [5, 5.41) is 3.68. The van der Waals surface area contributed by atoms with E-state index in [1.54, 1.807) is 0 Å². The van der Waals surface area contributed by atoms with Crippen molar-refractivity contribution in [3.05, 3.63) is 35.4 Å². The molecule has 1 heteroatoms. The van der Waals surface area contributed by atoms with Gasteiger partial charge < -0.3 is 5.32 Å². The van der Waals surface area contributed by atoms with Crippen LogP contribution in [0.3, 0.4) is 0 Å². The minimum absolute atomic E-state index is 0.355. The lowest BCUT2D eigenvalue weighted by Crippen LogP contribution is -2.27. The predicted octanol–water partition coefficient (Wildman–Crippen LogP) is 4.47. The molecule has 0 aliphatic heterocycles. The Morgan fingerprint density at radius 1 is 1.18 bits per heavy atom. The lowest BCUT2D eigenvalue weighted by Gasteiger charge is -2.28. The second-order valence-corrected chi connectivity index (χ2v) is 6.13. The standard InChI is InChI=1S/C16H27N/c1-6-11-17-15(12-16(3,4)5)14-10-8-7-9-13(14)2/h7-10,15,17H,6,11-12H2,1-5H3. The second kappa shape index (κ2) is 6.20. The maximum Gasteiger partial charge on any atom is 0.0327 e. The first-order valence-electron chi connectivity index (χ1n) is 6.73. The summed E-state index contributed by atoms with van der Waals surface area (Å²) in [5.41, 5.74) is 3.20. The van der Waals surface area contributed by atoms with Gasteiger partial charge in [0.15, 0.2) is 0 Å². The van der Waals surface area contributed by atoms with E-state index in [1.165, 1.54) is 24.0 Å². The van der Waals surface area contributed by atoms with E-state index in [1.807, 2.05) is 0 Å². The van der Waals surface area contributed by atoms with E-state index in [0.29, 0.717) is 11.5 Å². The molecular weight excluding hydrogens is 206 g/mol. The number of rotatable bonds is 5. The molecule has 17 heavy (non-hydrogen) atoms. The van der Waals surface area contributed by atoms with Gasteiger partial charge in [-0.05, 0) is 42.9 Å². The van der Waals surface area contributed by atoms with Crippen molar-refractivity contribution in [2.24, 2.45) is 5.41 Å². The number of hydrogen-bond acceptors (Lipinski definition) is 1. The fourth-order valence-corrected chi connectivity index (χ4v) is 2.20. The van der Waals surface area contributed by atoms with E-state index in [4.69, 9.17) is 0 Å². The van der Waals surface area contributed by atoms with Crippen molar-refractivity contribution in [1.29, 1.82) is 0 Å². The zero-order valence-corrected chi connectivity index (χ0v) is 12.0. The van der Waals surface area contributed by atoms with Crippen LogP contribution in [0, 0.1) is 12.3 Å². The topological polar surface area (TPSA) is 12.0 Å². The SMILES string of the molecule is CCCNC(CC(C)(C)C)c1ccccc1C. The van der Waals surface area contributed by atoms with Crippen LogP contribution in [0.1, 0.15) is 57.7 Å². The Kier molecular flexibility index (Phi) is 5.20. The Morgan fingerprint density at radius 2 is 1.82 bits per heavy atom. The first kappa shape index (κ1) is 14.2. The molecule has 1 aromatic rings. The lowest BCUT2D eigenvalue weighted by molar-refractivity contribution is 0.311. The Hall–Kier alpha value is -0.820. The first-order chi connectivity index (χ1) is 7.94. The van der Waals surface area contributed by atoms with Crippen LogP contribution in [0.15, 0.2) is 24.3 Å². The average Bonchev–Trinajstić information content (AvgIpc) is 2.23. The minimum Gasteiger partial charge on any atom is -0.310 e. The molecule has 0 saturated carbocycles. The summed E-state index contributed by atoms with van der Waals surface area (Å²) in [5.74, 6) is 0. The number of hydrogen-bond donors (Lipinski definition) is 1. The third kappa shape index (κ3) is 4.91. The molecular formula is C16H27N. The van der Waals surface area contributed by atoms with Crippen LogP contribution in [0.2, 0.25) is 0 Å². The average molecular weight is 233 g/mol. The van der Waals surface area contributed by atoms with E-state index in [-0.39, 0.29) is 0 Å². The molecule has 0 aliphatic rings. The Balaban J connectivity index is 2.86. The maximum absolute atomic E-state index is 3.68. The highest BCUT2D eigenvalue weighted by molar-refractivity contribution is 5.28. The van der Waals surface area contributed by atoms with E-state index < -0.39 is 0 Å². The molecule has 0 heterocycles. The summed E-state index contributed by atoms with van der Waals surface area (Å²) >= 11 is 0. The van der Waals surface area contributed by atoms with Crippen LogP contribution in [-0.2, 0) is 0 Å². The summed E-state index contributed by atoms with van der Waals surface area (Å²) in [7, 11) is 0. The highest BCUT2D eigenvalue weighted by atomic mass is 14.9. The van der Waals surface area contributed by atoms with Gasteiger partial charge in [-0.15, -0.1) is 0 Å². The van der Waals surface area contributed by atoms with E-state index >= 15 is 0 Å². The third-order valence-corrected chi connectivity index (χ3v) is 3.02. The van der Waals surface area contributed by atoms with Gasteiger partial charge in [-0.3, -0.25) is 0 Å². The van der Waals surface area contributed by atoms with Gasteiger partial charge in [-0.25, -0.2) is 0 Å². The van der Waals surface area contributed by atoms with E-state index in [2.05, 4.69) is 64.2 Å². The van der Waals surface area contributed by atoms with Gasteiger partial charge in [0.25, 0.3) is 0 Å². The zero-order chi connectivity index (χ0) is 12.9. The van der Waals surface area contributed by atoms with Crippen molar-refractivity contribution in [2.45, 2.75) is 53.5 Å². The van der Waals surface area contributed by atoms with Gasteiger partial charge >= 0.3 is 0 Å². The maximum atomic E-state index is 3.68. The monoisotopic (exact) mass is 233 g/mol. The Morgan fingerprint density at radius 3 is 2.35 bits per heavy atom. The summed E-state index contributed by atoms with van der Waals surface area (Å²) < 4.78 is 0. The highest BCUT2D eigenvalue weighted by Crippen LogP contribution is 2.30. The van der Waals surface area contributed by atoms with Gasteiger partial charge in [0, 0.05) is 6.04 Å². The smallest absolute Gasteiger partial charge is 0.0327 e. The highest BCUT2D eigenvalue weighted by Gasteiger charge is 2.20. The fourth-order valence-electron chi connectivity index (χ4n) is 2.20. The van der Waals surface area contributed by atoms with Crippen molar-refractivity contribution >= 4 is 0 Å².